The van der Waals surface area contributed by atoms with E-state index in [0.29, 0.717) is 6.54 Å². The summed E-state index contributed by atoms with van der Waals surface area (Å²) in [4.78, 5) is 18.4. The van der Waals surface area contributed by atoms with Gasteiger partial charge in [0.15, 0.2) is 11.4 Å². The van der Waals surface area contributed by atoms with Crippen LogP contribution in [0.4, 0.5) is 13.2 Å². The van der Waals surface area contributed by atoms with Gasteiger partial charge in [0.25, 0.3) is 5.91 Å². The van der Waals surface area contributed by atoms with Gasteiger partial charge in [-0.15, -0.1) is 0 Å². The first-order chi connectivity index (χ1) is 12.8. The predicted octanol–water partition coefficient (Wildman–Crippen LogP) is 5.34. The van der Waals surface area contributed by atoms with Crippen molar-refractivity contribution in [3.8, 4) is 5.69 Å². The van der Waals surface area contributed by atoms with E-state index in [1.165, 1.54) is 17.0 Å². The molecule has 1 aliphatic rings. The van der Waals surface area contributed by atoms with E-state index in [9.17, 15) is 18.0 Å². The second-order valence-electron chi connectivity index (χ2n) is 6.64. The van der Waals surface area contributed by atoms with Crippen molar-refractivity contribution in [2.24, 2.45) is 0 Å². The number of benzene rings is 1. The molecule has 0 bridgehead atoms. The van der Waals surface area contributed by atoms with Crippen molar-refractivity contribution in [2.75, 3.05) is 6.54 Å². The summed E-state index contributed by atoms with van der Waals surface area (Å²) in [5.41, 5.74) is -1.52. The number of alkyl halides is 3. The zero-order chi connectivity index (χ0) is 19.6. The Labute approximate surface area is 160 Å². The molecule has 27 heavy (non-hydrogen) atoms. The first kappa shape index (κ1) is 19.7. The largest absolute Gasteiger partial charge is 0.434 e. The molecule has 4 nitrogen and oxygen atoms in total. The molecule has 2 aromatic rings. The molecule has 1 amide bonds. The third kappa shape index (κ3) is 3.98. The molecule has 8 heteroatoms. The summed E-state index contributed by atoms with van der Waals surface area (Å²) >= 11 is 6.07. The number of para-hydroxylation sites is 1. The topological polar surface area (TPSA) is 38.1 Å². The molecule has 0 radical (unpaired) electrons. The van der Waals surface area contributed by atoms with Crippen molar-refractivity contribution in [2.45, 2.75) is 51.2 Å². The summed E-state index contributed by atoms with van der Waals surface area (Å²) < 4.78 is 42.4. The van der Waals surface area contributed by atoms with Crippen LogP contribution < -0.4 is 0 Å². The van der Waals surface area contributed by atoms with Crippen LogP contribution in [0.2, 0.25) is 5.02 Å². The zero-order valence-corrected chi connectivity index (χ0v) is 15.7. The lowest BCUT2D eigenvalue weighted by Gasteiger charge is -2.33. The number of halogens is 4. The van der Waals surface area contributed by atoms with Gasteiger partial charge in [-0.2, -0.15) is 13.2 Å². The summed E-state index contributed by atoms with van der Waals surface area (Å²) in [6.45, 7) is 2.13. The second kappa shape index (κ2) is 7.92. The first-order valence-electron chi connectivity index (χ1n) is 9.05. The second-order valence-corrected chi connectivity index (χ2v) is 7.05. The van der Waals surface area contributed by atoms with Gasteiger partial charge in [0, 0.05) is 12.6 Å². The fourth-order valence-corrected chi connectivity index (χ4v) is 3.93. The van der Waals surface area contributed by atoms with E-state index in [1.807, 2.05) is 0 Å². The van der Waals surface area contributed by atoms with Crippen LogP contribution in [0, 0.1) is 0 Å². The molecule has 1 aliphatic carbocycles. The molecule has 3 rings (SSSR count). The fourth-order valence-electron chi connectivity index (χ4n) is 3.70. The number of aromatic nitrogens is 2. The molecule has 0 unspecified atom stereocenters. The molecule has 0 aliphatic heterocycles. The molecule has 1 aromatic heterocycles. The monoisotopic (exact) mass is 399 g/mol. The van der Waals surface area contributed by atoms with Gasteiger partial charge in [0.05, 0.1) is 10.7 Å². The maximum atomic E-state index is 13.9. The van der Waals surface area contributed by atoms with Gasteiger partial charge in [-0.05, 0) is 31.9 Å². The fraction of sp³-hybridized carbons (Fsp3) is 0.474. The highest BCUT2D eigenvalue weighted by Gasteiger charge is 2.42. The molecule has 146 valence electrons. The van der Waals surface area contributed by atoms with Crippen LogP contribution in [0.3, 0.4) is 0 Å². The van der Waals surface area contributed by atoms with Crippen LogP contribution in [-0.2, 0) is 6.18 Å². The quantitative estimate of drug-likeness (QED) is 0.696. The Morgan fingerprint density at radius 1 is 1.26 bits per heavy atom. The van der Waals surface area contributed by atoms with Crippen molar-refractivity contribution in [1.29, 1.82) is 0 Å². The van der Waals surface area contributed by atoms with Gasteiger partial charge in [0.2, 0.25) is 0 Å². The zero-order valence-electron chi connectivity index (χ0n) is 15.0. The molecule has 0 N–H and O–H groups in total. The van der Waals surface area contributed by atoms with E-state index in [0.717, 1.165) is 43.0 Å². The number of amides is 1. The number of hydrogen-bond donors (Lipinski definition) is 0. The van der Waals surface area contributed by atoms with Crippen molar-refractivity contribution in [3.63, 3.8) is 0 Å². The summed E-state index contributed by atoms with van der Waals surface area (Å²) in [5.74, 6) is -0.678. The van der Waals surface area contributed by atoms with E-state index >= 15 is 0 Å². The molecular weight excluding hydrogens is 379 g/mol. The lowest BCUT2D eigenvalue weighted by molar-refractivity contribution is -0.142. The molecule has 1 saturated carbocycles. The van der Waals surface area contributed by atoms with Crippen molar-refractivity contribution < 1.29 is 18.0 Å². The molecule has 1 aromatic carbocycles. The highest BCUT2D eigenvalue weighted by atomic mass is 35.5. The van der Waals surface area contributed by atoms with Crippen molar-refractivity contribution in [3.05, 3.63) is 47.0 Å². The normalized spacial score (nSPS) is 15.7. The standard InChI is InChI=1S/C19H21ClF3N3O/c1-2-25(13-8-4-3-5-9-13)18(27)16-17(19(21,22)23)26(12-24-16)15-11-7-6-10-14(15)20/h6-7,10-13H,2-5,8-9H2,1H3. The van der Waals surface area contributed by atoms with Gasteiger partial charge in [0.1, 0.15) is 6.33 Å². The smallest absolute Gasteiger partial charge is 0.335 e. The van der Waals surface area contributed by atoms with E-state index in [2.05, 4.69) is 4.98 Å². The average Bonchev–Trinajstić information content (AvgIpc) is 3.09. The van der Waals surface area contributed by atoms with Crippen LogP contribution >= 0.6 is 11.6 Å². The highest BCUT2D eigenvalue weighted by Crippen LogP contribution is 2.36. The lowest BCUT2D eigenvalue weighted by Crippen LogP contribution is -2.42. The Balaban J connectivity index is 2.05. The number of rotatable bonds is 4. The van der Waals surface area contributed by atoms with Crippen LogP contribution in [-0.4, -0.2) is 32.9 Å². The Morgan fingerprint density at radius 2 is 1.93 bits per heavy atom. The first-order valence-corrected chi connectivity index (χ1v) is 9.42. The number of carbonyl (C=O) groups is 1. The van der Waals surface area contributed by atoms with Crippen LogP contribution in [0.5, 0.6) is 0 Å². The number of imidazole rings is 1. The highest BCUT2D eigenvalue weighted by molar-refractivity contribution is 6.32. The maximum absolute atomic E-state index is 13.9. The van der Waals surface area contributed by atoms with Crippen LogP contribution in [0.15, 0.2) is 30.6 Å². The predicted molar refractivity (Wildman–Crippen MR) is 97.2 cm³/mol. The van der Waals surface area contributed by atoms with Crippen LogP contribution in [0.1, 0.15) is 55.2 Å². The minimum atomic E-state index is -4.74. The van der Waals surface area contributed by atoms with Crippen molar-refractivity contribution in [1.82, 2.24) is 14.5 Å². The van der Waals surface area contributed by atoms with E-state index < -0.39 is 23.5 Å². The van der Waals surface area contributed by atoms with Gasteiger partial charge in [-0.1, -0.05) is 43.0 Å². The summed E-state index contributed by atoms with van der Waals surface area (Å²) in [7, 11) is 0. The summed E-state index contributed by atoms with van der Waals surface area (Å²) in [6, 6.07) is 6.14. The SMILES string of the molecule is CCN(C(=O)c1ncn(-c2ccccc2Cl)c1C(F)(F)F)C1CCCCC1. The number of carbonyl (C=O) groups excluding carboxylic acids is 1. The third-order valence-electron chi connectivity index (χ3n) is 4.97. The van der Waals surface area contributed by atoms with Crippen molar-refractivity contribution >= 4 is 17.5 Å². The Bertz CT molecular complexity index is 813. The molecule has 0 atom stereocenters. The molecular formula is C19H21ClF3N3O. The molecule has 0 saturated heterocycles. The van der Waals surface area contributed by atoms with Gasteiger partial charge in [-0.25, -0.2) is 4.98 Å². The van der Waals surface area contributed by atoms with Gasteiger partial charge < -0.3 is 4.90 Å². The number of hydrogen-bond acceptors (Lipinski definition) is 2. The Morgan fingerprint density at radius 3 is 2.52 bits per heavy atom. The summed E-state index contributed by atoms with van der Waals surface area (Å²) in [5, 5.41) is 0.152. The minimum absolute atomic E-state index is 0.0391. The summed E-state index contributed by atoms with van der Waals surface area (Å²) in [6.07, 6.45) is 0.956. The Hall–Kier alpha value is -2.02. The van der Waals surface area contributed by atoms with Gasteiger partial charge in [-0.3, -0.25) is 9.36 Å². The van der Waals surface area contributed by atoms with Gasteiger partial charge >= 0.3 is 6.18 Å². The van der Waals surface area contributed by atoms with Crippen LogP contribution in [0.25, 0.3) is 5.69 Å². The lowest BCUT2D eigenvalue weighted by atomic mass is 9.94. The average molecular weight is 400 g/mol. The molecule has 1 heterocycles. The van der Waals surface area contributed by atoms with E-state index in [4.69, 9.17) is 11.6 Å². The number of nitrogens with zero attached hydrogens (tertiary/aromatic N) is 3. The molecule has 1 fully saturated rings. The minimum Gasteiger partial charge on any atom is -0.335 e. The Kier molecular flexibility index (Phi) is 5.79. The van der Waals surface area contributed by atoms with E-state index in [1.54, 1.807) is 19.1 Å². The van der Waals surface area contributed by atoms with E-state index in [-0.39, 0.29) is 16.8 Å². The maximum Gasteiger partial charge on any atom is 0.434 e. The third-order valence-corrected chi connectivity index (χ3v) is 5.29. The molecule has 0 spiro atoms.